The summed E-state index contributed by atoms with van der Waals surface area (Å²) in [6.45, 7) is 0.584. The molecule has 0 rings (SSSR count). The van der Waals surface area contributed by atoms with Crippen molar-refractivity contribution in [2.24, 2.45) is 5.73 Å². The molecular weight excluding hydrogens is 122 g/mol. The molecule has 0 saturated carbocycles. The first-order valence-electron chi connectivity index (χ1n) is 2.92. The van der Waals surface area contributed by atoms with Crippen molar-refractivity contribution in [1.29, 1.82) is 0 Å². The number of aliphatic hydroxyl groups is 2. The molecule has 0 radical (unpaired) electrons. The van der Waals surface area contributed by atoms with Crippen LogP contribution in [0.15, 0.2) is 0 Å². The minimum Gasteiger partial charge on any atom is -0.391 e. The van der Waals surface area contributed by atoms with E-state index < -0.39 is 6.29 Å². The molecule has 0 aliphatic rings. The summed E-state index contributed by atoms with van der Waals surface area (Å²) >= 11 is 0. The van der Waals surface area contributed by atoms with E-state index in [-0.39, 0.29) is 6.61 Å². The summed E-state index contributed by atoms with van der Waals surface area (Å²) < 4.78 is 4.66. The molecule has 0 saturated heterocycles. The zero-order valence-corrected chi connectivity index (χ0v) is 5.29. The number of nitrogens with two attached hydrogens (primary N) is 1. The first-order chi connectivity index (χ1) is 4.31. The van der Waals surface area contributed by atoms with E-state index in [2.05, 4.69) is 4.74 Å². The number of ether oxygens (including phenoxy) is 1. The fraction of sp³-hybridized carbons (Fsp3) is 1.00. The quantitative estimate of drug-likeness (QED) is 0.322. The topological polar surface area (TPSA) is 75.7 Å². The van der Waals surface area contributed by atoms with Crippen LogP contribution >= 0.6 is 0 Å². The zero-order chi connectivity index (χ0) is 7.11. The first-order valence-corrected chi connectivity index (χ1v) is 2.92. The smallest absolute Gasteiger partial charge is 0.177 e. The molecule has 9 heavy (non-hydrogen) atoms. The van der Waals surface area contributed by atoms with Crippen molar-refractivity contribution in [3.8, 4) is 0 Å². The summed E-state index contributed by atoms with van der Waals surface area (Å²) in [7, 11) is 0. The highest BCUT2D eigenvalue weighted by Crippen LogP contribution is 1.85. The van der Waals surface area contributed by atoms with E-state index in [9.17, 15) is 0 Å². The maximum atomic E-state index is 8.57. The van der Waals surface area contributed by atoms with Crippen molar-refractivity contribution in [2.75, 3.05) is 19.8 Å². The molecule has 4 nitrogen and oxygen atoms in total. The Labute approximate surface area is 54.2 Å². The Morgan fingerprint density at radius 3 is 2.67 bits per heavy atom. The SMILES string of the molecule is NCCCOC(O)CO. The van der Waals surface area contributed by atoms with Gasteiger partial charge in [0.2, 0.25) is 0 Å². The van der Waals surface area contributed by atoms with Gasteiger partial charge in [-0.3, -0.25) is 0 Å². The minimum atomic E-state index is -1.04. The zero-order valence-electron chi connectivity index (χ0n) is 5.29. The Balaban J connectivity index is 2.88. The highest BCUT2D eigenvalue weighted by Gasteiger charge is 1.98. The van der Waals surface area contributed by atoms with Crippen LogP contribution < -0.4 is 5.73 Å². The van der Waals surface area contributed by atoms with Crippen molar-refractivity contribution >= 4 is 0 Å². The van der Waals surface area contributed by atoms with E-state index in [1.807, 2.05) is 0 Å². The second-order valence-corrected chi connectivity index (χ2v) is 1.65. The van der Waals surface area contributed by atoms with Gasteiger partial charge in [0.15, 0.2) is 6.29 Å². The average molecular weight is 135 g/mol. The highest BCUT2D eigenvalue weighted by molar-refractivity contribution is 4.37. The molecule has 0 amide bonds. The predicted octanol–water partition coefficient (Wildman–Crippen LogP) is -1.34. The van der Waals surface area contributed by atoms with Crippen molar-refractivity contribution in [3.63, 3.8) is 0 Å². The van der Waals surface area contributed by atoms with Crippen LogP contribution in [-0.2, 0) is 4.74 Å². The lowest BCUT2D eigenvalue weighted by atomic mass is 10.5. The third-order valence-electron chi connectivity index (χ3n) is 0.815. The number of aliphatic hydroxyl groups excluding tert-OH is 2. The Morgan fingerprint density at radius 2 is 2.22 bits per heavy atom. The van der Waals surface area contributed by atoms with E-state index in [1.165, 1.54) is 0 Å². The molecule has 0 aromatic heterocycles. The number of hydrogen-bond acceptors (Lipinski definition) is 4. The van der Waals surface area contributed by atoms with Gasteiger partial charge in [0.05, 0.1) is 13.2 Å². The van der Waals surface area contributed by atoms with Gasteiger partial charge in [-0.15, -0.1) is 0 Å². The Bertz CT molecular complexity index is 60.2. The Kier molecular flexibility index (Phi) is 5.86. The van der Waals surface area contributed by atoms with Crippen LogP contribution in [0.1, 0.15) is 6.42 Å². The van der Waals surface area contributed by atoms with Gasteiger partial charge >= 0.3 is 0 Å². The largest absolute Gasteiger partial charge is 0.391 e. The second-order valence-electron chi connectivity index (χ2n) is 1.65. The van der Waals surface area contributed by atoms with Crippen LogP contribution in [-0.4, -0.2) is 36.3 Å². The molecule has 0 aromatic rings. The van der Waals surface area contributed by atoms with Gasteiger partial charge in [-0.25, -0.2) is 0 Å². The molecule has 4 heteroatoms. The van der Waals surface area contributed by atoms with Gasteiger partial charge in [-0.2, -0.15) is 0 Å². The third-order valence-corrected chi connectivity index (χ3v) is 0.815. The van der Waals surface area contributed by atoms with Gasteiger partial charge in [-0.1, -0.05) is 0 Å². The minimum absolute atomic E-state index is 0.357. The average Bonchev–Trinajstić information content (AvgIpc) is 1.89. The lowest BCUT2D eigenvalue weighted by Gasteiger charge is -2.06. The number of hydrogen-bond donors (Lipinski definition) is 3. The molecule has 4 N–H and O–H groups in total. The van der Waals surface area contributed by atoms with Crippen molar-refractivity contribution in [3.05, 3.63) is 0 Å². The molecule has 0 aromatic carbocycles. The van der Waals surface area contributed by atoms with Crippen LogP contribution in [0, 0.1) is 0 Å². The summed E-state index contributed by atoms with van der Waals surface area (Å²) in [6.07, 6.45) is -0.339. The van der Waals surface area contributed by atoms with Gasteiger partial charge in [0.25, 0.3) is 0 Å². The maximum Gasteiger partial charge on any atom is 0.177 e. The van der Waals surface area contributed by atoms with Crippen LogP contribution in [0.3, 0.4) is 0 Å². The van der Waals surface area contributed by atoms with Gasteiger partial charge in [0, 0.05) is 0 Å². The molecule has 0 spiro atoms. The Morgan fingerprint density at radius 1 is 1.56 bits per heavy atom. The lowest BCUT2D eigenvalue weighted by Crippen LogP contribution is -2.18. The van der Waals surface area contributed by atoms with Gasteiger partial charge in [-0.05, 0) is 13.0 Å². The molecule has 0 aliphatic carbocycles. The number of rotatable bonds is 5. The van der Waals surface area contributed by atoms with Gasteiger partial charge < -0.3 is 20.7 Å². The normalized spacial score (nSPS) is 13.7. The molecule has 56 valence electrons. The highest BCUT2D eigenvalue weighted by atomic mass is 16.6. The Hall–Kier alpha value is -0.160. The summed E-state index contributed by atoms with van der Waals surface area (Å²) in [4.78, 5) is 0. The molecule has 0 heterocycles. The first kappa shape index (κ1) is 8.84. The van der Waals surface area contributed by atoms with Gasteiger partial charge in [0.1, 0.15) is 0 Å². The molecule has 1 unspecified atom stereocenters. The van der Waals surface area contributed by atoms with Crippen molar-refractivity contribution < 1.29 is 14.9 Å². The maximum absolute atomic E-state index is 8.57. The van der Waals surface area contributed by atoms with Crippen LogP contribution in [0.5, 0.6) is 0 Å². The predicted molar refractivity (Wildman–Crippen MR) is 32.7 cm³/mol. The molecule has 0 bridgehead atoms. The third kappa shape index (κ3) is 5.72. The summed E-state index contributed by atoms with van der Waals surface area (Å²) in [5.74, 6) is 0. The fourth-order valence-corrected chi connectivity index (χ4v) is 0.355. The molecule has 0 fully saturated rings. The molecule has 0 aliphatic heterocycles. The summed E-state index contributed by atoms with van der Waals surface area (Å²) in [6, 6.07) is 0. The van der Waals surface area contributed by atoms with E-state index in [0.717, 1.165) is 0 Å². The van der Waals surface area contributed by atoms with E-state index in [4.69, 9.17) is 15.9 Å². The van der Waals surface area contributed by atoms with E-state index in [1.54, 1.807) is 0 Å². The van der Waals surface area contributed by atoms with E-state index >= 15 is 0 Å². The fourth-order valence-electron chi connectivity index (χ4n) is 0.355. The second kappa shape index (κ2) is 5.97. The summed E-state index contributed by atoms with van der Waals surface area (Å²) in [5.41, 5.74) is 5.13. The molecule has 1 atom stereocenters. The monoisotopic (exact) mass is 135 g/mol. The van der Waals surface area contributed by atoms with Crippen LogP contribution in [0.25, 0.3) is 0 Å². The van der Waals surface area contributed by atoms with Crippen LogP contribution in [0.2, 0.25) is 0 Å². The lowest BCUT2D eigenvalue weighted by molar-refractivity contribution is -0.124. The van der Waals surface area contributed by atoms with Crippen LogP contribution in [0.4, 0.5) is 0 Å². The molecular formula is C5H13NO3. The van der Waals surface area contributed by atoms with Crippen molar-refractivity contribution in [2.45, 2.75) is 12.7 Å². The van der Waals surface area contributed by atoms with Crippen molar-refractivity contribution in [1.82, 2.24) is 0 Å². The standard InChI is InChI=1S/C5H13NO3/c6-2-1-3-9-5(8)4-7/h5,7-8H,1-4,6H2. The summed E-state index contributed by atoms with van der Waals surface area (Å²) in [5, 5.41) is 16.8. The van der Waals surface area contributed by atoms with E-state index in [0.29, 0.717) is 19.6 Å².